The highest BCUT2D eigenvalue weighted by Gasteiger charge is 2.28. The Bertz CT molecular complexity index is 465. The summed E-state index contributed by atoms with van der Waals surface area (Å²) in [6, 6.07) is 7.25. The van der Waals surface area contributed by atoms with Crippen LogP contribution in [-0.4, -0.2) is 43.2 Å². The summed E-state index contributed by atoms with van der Waals surface area (Å²) < 4.78 is 16.1. The van der Waals surface area contributed by atoms with Gasteiger partial charge in [0.1, 0.15) is 19.3 Å². The predicted molar refractivity (Wildman–Crippen MR) is 76.6 cm³/mol. The molecule has 2 atom stereocenters. The molecule has 1 heterocycles. The van der Waals surface area contributed by atoms with Crippen LogP contribution in [0, 0.1) is 0 Å². The third kappa shape index (κ3) is 4.53. The minimum atomic E-state index is -0.935. The third-order valence-corrected chi connectivity index (χ3v) is 3.14. The van der Waals surface area contributed by atoms with Crippen molar-refractivity contribution in [1.82, 2.24) is 5.32 Å². The minimum Gasteiger partial charge on any atom is -0.486 e. The minimum absolute atomic E-state index is 0.131. The molecule has 0 aromatic heterocycles. The van der Waals surface area contributed by atoms with E-state index in [1.54, 1.807) is 12.1 Å². The molecule has 1 aromatic rings. The summed E-state index contributed by atoms with van der Waals surface area (Å²) in [6.07, 6.45) is -0.123. The van der Waals surface area contributed by atoms with E-state index >= 15 is 0 Å². The van der Waals surface area contributed by atoms with E-state index in [0.717, 1.165) is 12.8 Å². The molecule has 2 rings (SSSR count). The van der Waals surface area contributed by atoms with Gasteiger partial charge in [0.25, 0.3) is 0 Å². The number of ether oxygens (including phenoxy) is 3. The number of nitrogens with one attached hydrogen (secondary N) is 1. The number of benzene rings is 1. The SMILES string of the molecule is CCCCNC(=O)OCC(O)C1COc2ccccc2O1. The van der Waals surface area contributed by atoms with Crippen molar-refractivity contribution >= 4 is 6.09 Å². The summed E-state index contributed by atoms with van der Waals surface area (Å²) >= 11 is 0. The van der Waals surface area contributed by atoms with Crippen LogP contribution in [0.5, 0.6) is 11.5 Å². The Morgan fingerprint density at radius 3 is 3.00 bits per heavy atom. The second kappa shape index (κ2) is 7.73. The van der Waals surface area contributed by atoms with Crippen molar-refractivity contribution in [3.05, 3.63) is 24.3 Å². The van der Waals surface area contributed by atoms with Crippen molar-refractivity contribution in [2.45, 2.75) is 32.0 Å². The molecule has 1 amide bonds. The lowest BCUT2D eigenvalue weighted by atomic mass is 10.2. The number of para-hydroxylation sites is 2. The fourth-order valence-corrected chi connectivity index (χ4v) is 1.91. The molecular weight excluding hydrogens is 274 g/mol. The second-order valence-electron chi connectivity index (χ2n) is 4.86. The van der Waals surface area contributed by atoms with Gasteiger partial charge in [0.15, 0.2) is 17.6 Å². The lowest BCUT2D eigenvalue weighted by molar-refractivity contribution is -0.0379. The standard InChI is InChI=1S/C15H21NO5/c1-2-3-8-16-15(18)20-9-11(17)14-10-19-12-6-4-5-7-13(12)21-14/h4-7,11,14,17H,2-3,8-10H2,1H3,(H,16,18). The van der Waals surface area contributed by atoms with Gasteiger partial charge in [0.2, 0.25) is 0 Å². The summed E-state index contributed by atoms with van der Waals surface area (Å²) in [4.78, 5) is 11.4. The molecule has 0 aliphatic carbocycles. The van der Waals surface area contributed by atoms with Gasteiger partial charge < -0.3 is 24.6 Å². The van der Waals surface area contributed by atoms with Crippen LogP contribution in [0.4, 0.5) is 4.79 Å². The number of aliphatic hydroxyl groups excluding tert-OH is 1. The number of carbonyl (C=O) groups is 1. The summed E-state index contributed by atoms with van der Waals surface area (Å²) in [7, 11) is 0. The maximum atomic E-state index is 11.4. The first-order valence-corrected chi connectivity index (χ1v) is 7.18. The second-order valence-corrected chi connectivity index (χ2v) is 4.86. The zero-order valence-corrected chi connectivity index (χ0v) is 12.1. The van der Waals surface area contributed by atoms with E-state index in [-0.39, 0.29) is 13.2 Å². The molecule has 0 spiro atoms. The topological polar surface area (TPSA) is 77.0 Å². The molecule has 1 aliphatic rings. The molecule has 6 heteroatoms. The highest BCUT2D eigenvalue weighted by atomic mass is 16.6. The van der Waals surface area contributed by atoms with Gasteiger partial charge in [0.05, 0.1) is 0 Å². The zero-order valence-electron chi connectivity index (χ0n) is 12.1. The number of hydrogen-bond acceptors (Lipinski definition) is 5. The van der Waals surface area contributed by atoms with Gasteiger partial charge in [-0.2, -0.15) is 0 Å². The Labute approximate surface area is 124 Å². The number of amides is 1. The van der Waals surface area contributed by atoms with Gasteiger partial charge in [-0.1, -0.05) is 25.5 Å². The predicted octanol–water partition coefficient (Wildman–Crippen LogP) is 1.71. The maximum Gasteiger partial charge on any atom is 0.407 e. The molecule has 0 radical (unpaired) electrons. The van der Waals surface area contributed by atoms with Crippen LogP contribution in [-0.2, 0) is 4.74 Å². The molecule has 116 valence electrons. The molecule has 0 bridgehead atoms. The fraction of sp³-hybridized carbons (Fsp3) is 0.533. The van der Waals surface area contributed by atoms with Gasteiger partial charge in [-0.3, -0.25) is 0 Å². The highest BCUT2D eigenvalue weighted by Crippen LogP contribution is 2.31. The average molecular weight is 295 g/mol. The molecule has 21 heavy (non-hydrogen) atoms. The summed E-state index contributed by atoms with van der Waals surface area (Å²) in [5.41, 5.74) is 0. The molecule has 2 N–H and O–H groups in total. The van der Waals surface area contributed by atoms with E-state index in [4.69, 9.17) is 14.2 Å². The average Bonchev–Trinajstić information content (AvgIpc) is 2.52. The van der Waals surface area contributed by atoms with Gasteiger partial charge in [-0.25, -0.2) is 4.79 Å². The Balaban J connectivity index is 1.74. The summed E-state index contributed by atoms with van der Waals surface area (Å²) in [5, 5.41) is 12.6. The normalized spacial score (nSPS) is 17.9. The van der Waals surface area contributed by atoms with Crippen molar-refractivity contribution in [3.63, 3.8) is 0 Å². The van der Waals surface area contributed by atoms with Crippen molar-refractivity contribution in [2.75, 3.05) is 19.8 Å². The Morgan fingerprint density at radius 2 is 2.24 bits per heavy atom. The van der Waals surface area contributed by atoms with E-state index in [2.05, 4.69) is 5.32 Å². The molecule has 0 saturated carbocycles. The fourth-order valence-electron chi connectivity index (χ4n) is 1.91. The van der Waals surface area contributed by atoms with E-state index in [1.165, 1.54) is 0 Å². The van der Waals surface area contributed by atoms with Crippen LogP contribution in [0.25, 0.3) is 0 Å². The van der Waals surface area contributed by atoms with E-state index in [9.17, 15) is 9.90 Å². The van der Waals surface area contributed by atoms with E-state index in [0.29, 0.717) is 18.0 Å². The lowest BCUT2D eigenvalue weighted by Gasteiger charge is -2.29. The number of fused-ring (bicyclic) bond motifs is 1. The zero-order chi connectivity index (χ0) is 15.1. The number of unbranched alkanes of at least 4 members (excludes halogenated alkanes) is 1. The molecule has 1 aliphatic heterocycles. The summed E-state index contributed by atoms with van der Waals surface area (Å²) in [5.74, 6) is 1.24. The van der Waals surface area contributed by atoms with Crippen LogP contribution >= 0.6 is 0 Å². The monoisotopic (exact) mass is 295 g/mol. The van der Waals surface area contributed by atoms with Crippen molar-refractivity contribution in [2.24, 2.45) is 0 Å². The number of hydrogen-bond donors (Lipinski definition) is 2. The molecule has 0 fully saturated rings. The number of rotatable bonds is 6. The maximum absolute atomic E-state index is 11.4. The van der Waals surface area contributed by atoms with Crippen LogP contribution < -0.4 is 14.8 Å². The first-order valence-electron chi connectivity index (χ1n) is 7.18. The van der Waals surface area contributed by atoms with Crippen molar-refractivity contribution in [1.29, 1.82) is 0 Å². The van der Waals surface area contributed by atoms with Crippen LogP contribution in [0.15, 0.2) is 24.3 Å². The number of carbonyl (C=O) groups excluding carboxylic acids is 1. The number of alkyl carbamates (subject to hydrolysis) is 1. The molecule has 0 saturated heterocycles. The van der Waals surface area contributed by atoms with Gasteiger partial charge >= 0.3 is 6.09 Å². The Hall–Kier alpha value is -1.95. The Morgan fingerprint density at radius 1 is 1.48 bits per heavy atom. The van der Waals surface area contributed by atoms with Crippen LogP contribution in [0.3, 0.4) is 0 Å². The van der Waals surface area contributed by atoms with Crippen LogP contribution in [0.2, 0.25) is 0 Å². The summed E-state index contributed by atoms with van der Waals surface area (Å²) in [6.45, 7) is 2.70. The lowest BCUT2D eigenvalue weighted by Crippen LogP contribution is -2.43. The third-order valence-electron chi connectivity index (χ3n) is 3.14. The van der Waals surface area contributed by atoms with Gasteiger partial charge in [-0.15, -0.1) is 0 Å². The first-order chi connectivity index (χ1) is 10.2. The highest BCUT2D eigenvalue weighted by molar-refractivity contribution is 5.67. The van der Waals surface area contributed by atoms with Crippen molar-refractivity contribution in [3.8, 4) is 11.5 Å². The Kier molecular flexibility index (Phi) is 5.68. The molecule has 6 nitrogen and oxygen atoms in total. The van der Waals surface area contributed by atoms with Gasteiger partial charge in [0, 0.05) is 6.54 Å². The number of aliphatic hydroxyl groups is 1. The van der Waals surface area contributed by atoms with Crippen LogP contribution in [0.1, 0.15) is 19.8 Å². The van der Waals surface area contributed by atoms with Crippen molar-refractivity contribution < 1.29 is 24.1 Å². The molecular formula is C15H21NO5. The molecule has 1 aromatic carbocycles. The van der Waals surface area contributed by atoms with Gasteiger partial charge in [-0.05, 0) is 18.6 Å². The van der Waals surface area contributed by atoms with E-state index < -0.39 is 18.3 Å². The largest absolute Gasteiger partial charge is 0.486 e. The first kappa shape index (κ1) is 15.4. The quantitative estimate of drug-likeness (QED) is 0.781. The van der Waals surface area contributed by atoms with E-state index in [1.807, 2.05) is 19.1 Å². The smallest absolute Gasteiger partial charge is 0.407 e. The molecule has 2 unspecified atom stereocenters.